The molecule has 158 valence electrons. The number of carbonyl (C=O) groups excluding carboxylic acids is 2. The Morgan fingerprint density at radius 2 is 1.86 bits per heavy atom. The van der Waals surface area contributed by atoms with Crippen molar-refractivity contribution in [3.63, 3.8) is 0 Å². The van der Waals surface area contributed by atoms with Crippen LogP contribution in [-0.4, -0.2) is 48.9 Å². The summed E-state index contributed by atoms with van der Waals surface area (Å²) in [6.07, 6.45) is 2.36. The van der Waals surface area contributed by atoms with Crippen molar-refractivity contribution in [2.75, 3.05) is 20.1 Å². The molecule has 1 aliphatic heterocycles. The second-order valence-electron chi connectivity index (χ2n) is 8.06. The highest BCUT2D eigenvalue weighted by molar-refractivity contribution is 5.90. The monoisotopic (exact) mass is 417 g/mol. The molecule has 2 aromatic rings. The Labute approximate surface area is 179 Å². The van der Waals surface area contributed by atoms with Crippen molar-refractivity contribution < 1.29 is 9.59 Å². The van der Waals surface area contributed by atoms with Gasteiger partial charge in [0, 0.05) is 19.1 Å². The summed E-state index contributed by atoms with van der Waals surface area (Å²) in [5.41, 5.74) is 0.958. The van der Waals surface area contributed by atoms with Gasteiger partial charge < -0.3 is 15.5 Å². The van der Waals surface area contributed by atoms with Crippen LogP contribution in [0.5, 0.6) is 0 Å². The number of fused-ring (bicyclic) bond motifs is 1. The van der Waals surface area contributed by atoms with Gasteiger partial charge in [0.2, 0.25) is 11.8 Å². The van der Waals surface area contributed by atoms with Gasteiger partial charge >= 0.3 is 0 Å². The van der Waals surface area contributed by atoms with Crippen LogP contribution in [-0.2, 0) is 16.0 Å². The topological polar surface area (TPSA) is 61.4 Å². The Kier molecular flexibility index (Phi) is 8.47. The fourth-order valence-electron chi connectivity index (χ4n) is 3.88. The molecule has 1 aliphatic rings. The number of carbonyl (C=O) groups is 2. The van der Waals surface area contributed by atoms with Gasteiger partial charge in [-0.1, -0.05) is 56.3 Å². The van der Waals surface area contributed by atoms with E-state index in [1.54, 1.807) is 0 Å². The van der Waals surface area contributed by atoms with Crippen LogP contribution in [0.15, 0.2) is 42.5 Å². The summed E-state index contributed by atoms with van der Waals surface area (Å²) >= 11 is 0. The molecule has 1 saturated heterocycles. The predicted octanol–water partition coefficient (Wildman–Crippen LogP) is 3.16. The molecule has 0 spiro atoms. The second kappa shape index (κ2) is 10.6. The maximum Gasteiger partial charge on any atom is 0.245 e. The quantitative estimate of drug-likeness (QED) is 0.758. The van der Waals surface area contributed by atoms with Crippen LogP contribution in [0.4, 0.5) is 0 Å². The maximum atomic E-state index is 13.0. The van der Waals surface area contributed by atoms with Gasteiger partial charge in [0.05, 0.1) is 6.42 Å². The first-order chi connectivity index (χ1) is 13.5. The van der Waals surface area contributed by atoms with Gasteiger partial charge in [-0.15, -0.1) is 12.4 Å². The van der Waals surface area contributed by atoms with E-state index in [0.717, 1.165) is 35.7 Å². The van der Waals surface area contributed by atoms with Gasteiger partial charge in [0.15, 0.2) is 0 Å². The van der Waals surface area contributed by atoms with E-state index in [0.29, 0.717) is 12.6 Å². The van der Waals surface area contributed by atoms with E-state index in [-0.39, 0.29) is 36.6 Å². The third-order valence-corrected chi connectivity index (χ3v) is 5.57. The van der Waals surface area contributed by atoms with E-state index < -0.39 is 6.04 Å². The minimum Gasteiger partial charge on any atom is -0.344 e. The van der Waals surface area contributed by atoms with Gasteiger partial charge in [-0.2, -0.15) is 0 Å². The second-order valence-corrected chi connectivity index (χ2v) is 8.06. The first kappa shape index (κ1) is 23.2. The van der Waals surface area contributed by atoms with E-state index in [9.17, 15) is 9.59 Å². The molecule has 1 heterocycles. The number of likely N-dealkylation sites (tertiary alicyclic amines) is 1. The van der Waals surface area contributed by atoms with Crippen LogP contribution in [0.3, 0.4) is 0 Å². The number of halogens is 1. The highest BCUT2D eigenvalue weighted by Crippen LogP contribution is 2.17. The van der Waals surface area contributed by atoms with E-state index >= 15 is 0 Å². The third kappa shape index (κ3) is 5.94. The smallest absolute Gasteiger partial charge is 0.245 e. The first-order valence-corrected chi connectivity index (χ1v) is 10.2. The highest BCUT2D eigenvalue weighted by atomic mass is 35.5. The summed E-state index contributed by atoms with van der Waals surface area (Å²) in [7, 11) is 1.93. The highest BCUT2D eigenvalue weighted by Gasteiger charge is 2.31. The molecule has 2 aromatic carbocycles. The zero-order valence-corrected chi connectivity index (χ0v) is 18.3. The fraction of sp³-hybridized carbons (Fsp3) is 0.478. The standard InChI is InChI=1S/C23H31N3O2.ClH/c1-16(2)22(23(28)26-12-6-9-20(15-26)24-3)25-21(27)14-17-10-11-18-7-4-5-8-19(18)13-17;/h4-5,7-8,10-11,13,16,20,22,24H,6,9,12,14-15H2,1-3H3,(H,25,27);1H. The summed E-state index contributed by atoms with van der Waals surface area (Å²) in [6, 6.07) is 14.0. The molecular weight excluding hydrogens is 386 g/mol. The number of amides is 2. The molecule has 1 fully saturated rings. The molecule has 2 N–H and O–H groups in total. The van der Waals surface area contributed by atoms with Crippen LogP contribution in [0.1, 0.15) is 32.3 Å². The Bertz CT molecular complexity index is 840. The van der Waals surface area contributed by atoms with Gasteiger partial charge in [0.1, 0.15) is 6.04 Å². The van der Waals surface area contributed by atoms with E-state index in [1.807, 2.05) is 62.2 Å². The van der Waals surface area contributed by atoms with E-state index in [2.05, 4.69) is 16.7 Å². The molecule has 3 rings (SSSR count). The maximum absolute atomic E-state index is 13.0. The zero-order chi connectivity index (χ0) is 20.1. The number of nitrogens with one attached hydrogen (secondary N) is 2. The summed E-state index contributed by atoms with van der Waals surface area (Å²) in [5, 5.41) is 8.54. The largest absolute Gasteiger partial charge is 0.344 e. The molecule has 0 saturated carbocycles. The number of piperidine rings is 1. The number of hydrogen-bond acceptors (Lipinski definition) is 3. The van der Waals surface area contributed by atoms with Crippen LogP contribution in [0, 0.1) is 5.92 Å². The van der Waals surface area contributed by atoms with Gasteiger partial charge in [-0.3, -0.25) is 9.59 Å². The molecule has 5 nitrogen and oxygen atoms in total. The SMILES string of the molecule is CNC1CCCN(C(=O)C(NC(=O)Cc2ccc3ccccc3c2)C(C)C)C1.Cl. The summed E-state index contributed by atoms with van der Waals surface area (Å²) in [5.74, 6) is -0.0330. The van der Waals surface area contributed by atoms with Crippen molar-refractivity contribution in [1.82, 2.24) is 15.5 Å². The molecule has 0 aromatic heterocycles. The Morgan fingerprint density at radius 1 is 1.14 bits per heavy atom. The molecule has 0 bridgehead atoms. The summed E-state index contributed by atoms with van der Waals surface area (Å²) in [4.78, 5) is 27.6. The molecule has 6 heteroatoms. The lowest BCUT2D eigenvalue weighted by Crippen LogP contribution is -2.55. The normalized spacial score (nSPS) is 17.7. The number of rotatable bonds is 6. The van der Waals surface area contributed by atoms with Crippen molar-refractivity contribution in [2.45, 2.75) is 45.2 Å². The minimum absolute atomic E-state index is 0. The average Bonchev–Trinajstić information content (AvgIpc) is 2.71. The molecule has 2 unspecified atom stereocenters. The lowest BCUT2D eigenvalue weighted by molar-refractivity contribution is -0.138. The Balaban J connectivity index is 0.00000300. The van der Waals surface area contributed by atoms with Crippen molar-refractivity contribution in [3.8, 4) is 0 Å². The number of hydrogen-bond donors (Lipinski definition) is 2. The number of benzene rings is 2. The summed E-state index contributed by atoms with van der Waals surface area (Å²) in [6.45, 7) is 5.44. The van der Waals surface area contributed by atoms with Gasteiger partial charge in [0.25, 0.3) is 0 Å². The van der Waals surface area contributed by atoms with E-state index in [1.165, 1.54) is 0 Å². The molecule has 2 atom stereocenters. The van der Waals surface area contributed by atoms with Crippen molar-refractivity contribution >= 4 is 35.0 Å². The Hall–Kier alpha value is -2.11. The van der Waals surface area contributed by atoms with Crippen LogP contribution in [0.25, 0.3) is 10.8 Å². The van der Waals surface area contributed by atoms with Gasteiger partial charge in [-0.05, 0) is 42.1 Å². The number of nitrogens with zero attached hydrogens (tertiary/aromatic N) is 1. The molecule has 0 radical (unpaired) electrons. The lowest BCUT2D eigenvalue weighted by Gasteiger charge is -2.36. The van der Waals surface area contributed by atoms with Crippen molar-refractivity contribution in [3.05, 3.63) is 48.0 Å². The Morgan fingerprint density at radius 3 is 2.55 bits per heavy atom. The number of likely N-dealkylation sites (N-methyl/N-ethyl adjacent to an activating group) is 1. The average molecular weight is 418 g/mol. The fourth-order valence-corrected chi connectivity index (χ4v) is 3.88. The molecule has 0 aliphatic carbocycles. The van der Waals surface area contributed by atoms with Crippen LogP contribution in [0.2, 0.25) is 0 Å². The van der Waals surface area contributed by atoms with Crippen molar-refractivity contribution in [2.24, 2.45) is 5.92 Å². The van der Waals surface area contributed by atoms with Crippen LogP contribution >= 0.6 is 12.4 Å². The van der Waals surface area contributed by atoms with Crippen LogP contribution < -0.4 is 10.6 Å². The molecule has 2 amide bonds. The van der Waals surface area contributed by atoms with Gasteiger partial charge in [-0.25, -0.2) is 0 Å². The molecule has 29 heavy (non-hydrogen) atoms. The van der Waals surface area contributed by atoms with E-state index in [4.69, 9.17) is 0 Å². The minimum atomic E-state index is -0.483. The lowest BCUT2D eigenvalue weighted by atomic mass is 9.99. The van der Waals surface area contributed by atoms with Crippen molar-refractivity contribution in [1.29, 1.82) is 0 Å². The first-order valence-electron chi connectivity index (χ1n) is 10.2. The molecular formula is C23H32ClN3O2. The zero-order valence-electron chi connectivity index (χ0n) is 17.5. The third-order valence-electron chi connectivity index (χ3n) is 5.57. The predicted molar refractivity (Wildman–Crippen MR) is 120 cm³/mol. The summed E-state index contributed by atoms with van der Waals surface area (Å²) < 4.78 is 0.